The Morgan fingerprint density at radius 1 is 1.00 bits per heavy atom. The van der Waals surface area contributed by atoms with E-state index >= 15 is 0 Å². The number of carboxylic acids is 1. The fourth-order valence-electron chi connectivity index (χ4n) is 3.23. The summed E-state index contributed by atoms with van der Waals surface area (Å²) in [5, 5.41) is 12.0. The standard InChI is InChI=1S/C26H31Cl2NO6/c1-15(23(27)28)24(30)29-19(25(31)32)11-16-7-9-18(10-8-16)22-20(33-5)12-17(13-21(22)34-6)14-35-26(2,3)4/h7-10,12-13,19H,11,14H2,1-6H3,(H,29,30)(H,31,32)/t19-/m0/s1. The summed E-state index contributed by atoms with van der Waals surface area (Å²) in [6.45, 7) is 7.79. The van der Waals surface area contributed by atoms with E-state index in [-0.39, 0.29) is 22.1 Å². The average Bonchev–Trinajstić information content (AvgIpc) is 2.80. The van der Waals surface area contributed by atoms with Gasteiger partial charge in [0.05, 0.1) is 32.0 Å². The summed E-state index contributed by atoms with van der Waals surface area (Å²) in [5.41, 5.74) is 2.98. The van der Waals surface area contributed by atoms with Gasteiger partial charge in [-0.25, -0.2) is 4.79 Å². The minimum atomic E-state index is -1.17. The van der Waals surface area contributed by atoms with E-state index < -0.39 is 17.9 Å². The largest absolute Gasteiger partial charge is 0.496 e. The molecule has 1 atom stereocenters. The average molecular weight is 524 g/mol. The number of hydrogen-bond donors (Lipinski definition) is 2. The topological polar surface area (TPSA) is 94.1 Å². The summed E-state index contributed by atoms with van der Waals surface area (Å²) in [7, 11) is 3.18. The minimum absolute atomic E-state index is 0.0467. The van der Waals surface area contributed by atoms with E-state index in [9.17, 15) is 14.7 Å². The SMILES string of the molecule is COc1cc(COC(C)(C)C)cc(OC)c1-c1ccc(C[C@H](NC(=O)C(C)=C(Cl)Cl)C(=O)O)cc1. The summed E-state index contributed by atoms with van der Waals surface area (Å²) in [6.07, 6.45) is 0.0753. The van der Waals surface area contributed by atoms with Crippen molar-refractivity contribution < 1.29 is 28.9 Å². The number of halogens is 2. The van der Waals surface area contributed by atoms with Gasteiger partial charge in [-0.1, -0.05) is 47.5 Å². The molecule has 0 unspecified atom stereocenters. The van der Waals surface area contributed by atoms with E-state index in [1.807, 2.05) is 45.0 Å². The van der Waals surface area contributed by atoms with Crippen molar-refractivity contribution in [3.8, 4) is 22.6 Å². The van der Waals surface area contributed by atoms with Crippen LogP contribution in [-0.4, -0.2) is 42.8 Å². The molecule has 0 aliphatic carbocycles. The number of rotatable bonds is 10. The molecule has 0 fully saturated rings. The number of hydrogen-bond acceptors (Lipinski definition) is 5. The quantitative estimate of drug-likeness (QED) is 0.399. The summed E-state index contributed by atoms with van der Waals surface area (Å²) in [6, 6.07) is 9.96. The Kier molecular flexibility index (Phi) is 10.0. The molecule has 1 amide bonds. The van der Waals surface area contributed by atoms with Gasteiger partial charge in [0.1, 0.15) is 22.0 Å². The van der Waals surface area contributed by atoms with Crippen LogP contribution in [0.5, 0.6) is 11.5 Å². The van der Waals surface area contributed by atoms with E-state index in [0.717, 1.165) is 16.7 Å². The third-order valence-electron chi connectivity index (χ3n) is 5.15. The van der Waals surface area contributed by atoms with Gasteiger partial charge in [-0.15, -0.1) is 0 Å². The first-order valence-corrected chi connectivity index (χ1v) is 11.7. The Labute approximate surface area is 216 Å². The van der Waals surface area contributed by atoms with Crippen molar-refractivity contribution in [2.24, 2.45) is 0 Å². The first kappa shape index (κ1) is 28.5. The van der Waals surface area contributed by atoms with Crippen LogP contribution in [0.3, 0.4) is 0 Å². The Hall–Kier alpha value is -2.74. The molecule has 0 saturated carbocycles. The summed E-state index contributed by atoms with van der Waals surface area (Å²) >= 11 is 11.3. The number of carbonyl (C=O) groups is 2. The Balaban J connectivity index is 2.30. The molecular weight excluding hydrogens is 493 g/mol. The van der Waals surface area contributed by atoms with Crippen molar-refractivity contribution in [1.82, 2.24) is 5.32 Å². The molecule has 0 aliphatic heterocycles. The van der Waals surface area contributed by atoms with Gasteiger partial charge in [-0.2, -0.15) is 0 Å². The van der Waals surface area contributed by atoms with E-state index in [1.54, 1.807) is 26.4 Å². The predicted octanol–water partition coefficient (Wildman–Crippen LogP) is 5.51. The van der Waals surface area contributed by atoms with Gasteiger partial charge in [0.15, 0.2) is 0 Å². The molecule has 0 radical (unpaired) electrons. The third-order valence-corrected chi connectivity index (χ3v) is 5.71. The lowest BCUT2D eigenvalue weighted by Crippen LogP contribution is -2.42. The van der Waals surface area contributed by atoms with Crippen LogP contribution in [0.15, 0.2) is 46.5 Å². The van der Waals surface area contributed by atoms with Crippen molar-refractivity contribution in [3.63, 3.8) is 0 Å². The van der Waals surface area contributed by atoms with E-state index in [2.05, 4.69) is 5.32 Å². The molecule has 35 heavy (non-hydrogen) atoms. The molecule has 0 bridgehead atoms. The van der Waals surface area contributed by atoms with Crippen molar-refractivity contribution in [1.29, 1.82) is 0 Å². The summed E-state index contributed by atoms with van der Waals surface area (Å²) in [4.78, 5) is 23.9. The lowest BCUT2D eigenvalue weighted by atomic mass is 9.98. The van der Waals surface area contributed by atoms with E-state index in [0.29, 0.717) is 23.7 Å². The summed E-state index contributed by atoms with van der Waals surface area (Å²) in [5.74, 6) is -0.558. The highest BCUT2D eigenvalue weighted by Gasteiger charge is 2.22. The molecule has 0 aliphatic rings. The maximum atomic E-state index is 12.2. The van der Waals surface area contributed by atoms with Crippen LogP contribution in [0.2, 0.25) is 0 Å². The normalized spacial score (nSPS) is 12.0. The van der Waals surface area contributed by atoms with Crippen molar-refractivity contribution in [2.75, 3.05) is 14.2 Å². The smallest absolute Gasteiger partial charge is 0.326 e. The zero-order chi connectivity index (χ0) is 26.3. The number of carbonyl (C=O) groups excluding carboxylic acids is 1. The van der Waals surface area contributed by atoms with Gasteiger partial charge in [0.25, 0.3) is 0 Å². The number of aliphatic carboxylic acids is 1. The predicted molar refractivity (Wildman–Crippen MR) is 137 cm³/mol. The van der Waals surface area contributed by atoms with Gasteiger partial charge >= 0.3 is 5.97 Å². The van der Waals surface area contributed by atoms with Crippen LogP contribution in [-0.2, 0) is 27.4 Å². The van der Waals surface area contributed by atoms with Gasteiger partial charge in [-0.05, 0) is 56.5 Å². The van der Waals surface area contributed by atoms with E-state index in [4.69, 9.17) is 37.4 Å². The highest BCUT2D eigenvalue weighted by Crippen LogP contribution is 2.40. The first-order chi connectivity index (χ1) is 16.4. The number of benzene rings is 2. The number of methoxy groups -OCH3 is 2. The number of carboxylic acid groups (broad SMARTS) is 1. The zero-order valence-corrected chi connectivity index (χ0v) is 22.2. The van der Waals surface area contributed by atoms with Crippen molar-refractivity contribution in [2.45, 2.75) is 52.4 Å². The maximum Gasteiger partial charge on any atom is 0.326 e. The highest BCUT2D eigenvalue weighted by atomic mass is 35.5. The Morgan fingerprint density at radius 2 is 1.54 bits per heavy atom. The van der Waals surface area contributed by atoms with Crippen LogP contribution < -0.4 is 14.8 Å². The maximum absolute atomic E-state index is 12.2. The van der Waals surface area contributed by atoms with E-state index in [1.165, 1.54) is 6.92 Å². The number of nitrogens with one attached hydrogen (secondary N) is 1. The Morgan fingerprint density at radius 3 is 1.97 bits per heavy atom. The van der Waals surface area contributed by atoms with Crippen LogP contribution in [0.4, 0.5) is 0 Å². The molecule has 2 N–H and O–H groups in total. The molecule has 2 aromatic rings. The van der Waals surface area contributed by atoms with Gasteiger partial charge in [-0.3, -0.25) is 4.79 Å². The second-order valence-corrected chi connectivity index (χ2v) is 9.88. The third kappa shape index (κ3) is 8.16. The van der Waals surface area contributed by atoms with Crippen molar-refractivity contribution in [3.05, 3.63) is 57.6 Å². The number of amides is 1. The second kappa shape index (κ2) is 12.3. The molecule has 190 valence electrons. The highest BCUT2D eigenvalue weighted by molar-refractivity contribution is 6.57. The first-order valence-electron chi connectivity index (χ1n) is 10.9. The molecule has 0 spiro atoms. The molecule has 0 aromatic heterocycles. The monoisotopic (exact) mass is 523 g/mol. The molecule has 7 nitrogen and oxygen atoms in total. The van der Waals surface area contributed by atoms with Gasteiger partial charge in [0.2, 0.25) is 5.91 Å². The zero-order valence-electron chi connectivity index (χ0n) is 20.7. The van der Waals surface area contributed by atoms with Gasteiger partial charge in [0, 0.05) is 12.0 Å². The number of ether oxygens (including phenoxy) is 3. The van der Waals surface area contributed by atoms with Crippen LogP contribution in [0, 0.1) is 0 Å². The molecule has 0 saturated heterocycles. The van der Waals surface area contributed by atoms with Crippen LogP contribution in [0.1, 0.15) is 38.8 Å². The second-order valence-electron chi connectivity index (χ2n) is 8.93. The summed E-state index contributed by atoms with van der Waals surface area (Å²) < 4.78 is 16.9. The van der Waals surface area contributed by atoms with Crippen LogP contribution >= 0.6 is 23.2 Å². The minimum Gasteiger partial charge on any atom is -0.496 e. The molecule has 9 heteroatoms. The fraction of sp³-hybridized carbons (Fsp3) is 0.385. The molecular formula is C26H31Cl2NO6. The lowest BCUT2D eigenvalue weighted by molar-refractivity contribution is -0.141. The molecule has 2 rings (SSSR count). The Bertz CT molecular complexity index is 1060. The van der Waals surface area contributed by atoms with Crippen LogP contribution in [0.25, 0.3) is 11.1 Å². The molecule has 0 heterocycles. The fourth-order valence-corrected chi connectivity index (χ4v) is 3.40. The van der Waals surface area contributed by atoms with Gasteiger partial charge < -0.3 is 24.6 Å². The molecule has 2 aromatic carbocycles. The van der Waals surface area contributed by atoms with Crippen molar-refractivity contribution >= 4 is 35.1 Å². The lowest BCUT2D eigenvalue weighted by Gasteiger charge is -2.21.